The Morgan fingerprint density at radius 1 is 1.42 bits per heavy atom. The van der Waals surface area contributed by atoms with E-state index in [1.54, 1.807) is 0 Å². The number of hydrogen-bond donors (Lipinski definition) is 1. The molecule has 0 saturated heterocycles. The molecule has 12 heavy (non-hydrogen) atoms. The molecule has 66 valence electrons. The molecule has 0 unspecified atom stereocenters. The van der Waals surface area contributed by atoms with Crippen molar-refractivity contribution in [2.24, 2.45) is 0 Å². The molecular formula is C7H11ClN4. The lowest BCUT2D eigenvalue weighted by Crippen LogP contribution is -2.26. The first kappa shape index (κ1) is 9.19. The van der Waals surface area contributed by atoms with E-state index in [-0.39, 0.29) is 10.8 Å². The van der Waals surface area contributed by atoms with Crippen LogP contribution in [0.5, 0.6) is 0 Å². The maximum Gasteiger partial charge on any atom is 0.244 e. The van der Waals surface area contributed by atoms with Crippen LogP contribution in [0, 0.1) is 0 Å². The highest BCUT2D eigenvalue weighted by molar-refractivity contribution is 6.28. The van der Waals surface area contributed by atoms with Gasteiger partial charge >= 0.3 is 0 Å². The fourth-order valence-corrected chi connectivity index (χ4v) is 0.861. The Balaban J connectivity index is 2.77. The fourth-order valence-electron chi connectivity index (χ4n) is 0.726. The zero-order valence-electron chi connectivity index (χ0n) is 7.30. The highest BCUT2D eigenvalue weighted by atomic mass is 35.5. The number of nitrogens with one attached hydrogen (secondary N) is 1. The van der Waals surface area contributed by atoms with Gasteiger partial charge < -0.3 is 5.32 Å². The highest BCUT2D eigenvalue weighted by Crippen LogP contribution is 2.11. The van der Waals surface area contributed by atoms with Gasteiger partial charge in [0.1, 0.15) is 5.82 Å². The summed E-state index contributed by atoms with van der Waals surface area (Å²) in [5, 5.41) is 10.5. The first-order chi connectivity index (χ1) is 5.47. The standard InChI is InChI=1S/C7H11ClN4/c1-7(2,3)11-5-4-9-12-6(8)10-5/h4H,1-3H3,(H,10,11,12). The van der Waals surface area contributed by atoms with E-state index < -0.39 is 0 Å². The van der Waals surface area contributed by atoms with Gasteiger partial charge in [0.2, 0.25) is 5.28 Å². The number of halogens is 1. The Kier molecular flexibility index (Phi) is 2.47. The third kappa shape index (κ3) is 3.00. The molecule has 1 heterocycles. The molecule has 0 saturated carbocycles. The minimum absolute atomic E-state index is 0.0423. The Labute approximate surface area is 76.4 Å². The van der Waals surface area contributed by atoms with Crippen LogP contribution < -0.4 is 5.32 Å². The molecule has 0 fully saturated rings. The van der Waals surface area contributed by atoms with Crippen LogP contribution in [-0.4, -0.2) is 20.7 Å². The maximum absolute atomic E-state index is 5.55. The number of hydrogen-bond acceptors (Lipinski definition) is 4. The second-order valence-electron chi connectivity index (χ2n) is 3.49. The molecule has 4 nitrogen and oxygen atoms in total. The lowest BCUT2D eigenvalue weighted by atomic mass is 10.1. The van der Waals surface area contributed by atoms with E-state index in [1.807, 2.05) is 20.8 Å². The minimum atomic E-state index is -0.0423. The van der Waals surface area contributed by atoms with E-state index in [1.165, 1.54) is 6.20 Å². The van der Waals surface area contributed by atoms with Gasteiger partial charge in [-0.15, -0.1) is 5.10 Å². The molecule has 0 aliphatic rings. The third-order valence-electron chi connectivity index (χ3n) is 1.04. The van der Waals surface area contributed by atoms with E-state index in [4.69, 9.17) is 11.6 Å². The van der Waals surface area contributed by atoms with Crippen LogP contribution in [-0.2, 0) is 0 Å². The quantitative estimate of drug-likeness (QED) is 0.726. The van der Waals surface area contributed by atoms with Gasteiger partial charge in [0, 0.05) is 5.54 Å². The Morgan fingerprint density at radius 3 is 2.58 bits per heavy atom. The van der Waals surface area contributed by atoms with E-state index in [2.05, 4.69) is 20.5 Å². The molecule has 0 amide bonds. The first-order valence-corrected chi connectivity index (χ1v) is 3.98. The summed E-state index contributed by atoms with van der Waals surface area (Å²) in [5.41, 5.74) is -0.0423. The van der Waals surface area contributed by atoms with E-state index in [0.717, 1.165) is 0 Å². The van der Waals surface area contributed by atoms with Crippen molar-refractivity contribution < 1.29 is 0 Å². The van der Waals surface area contributed by atoms with Crippen LogP contribution in [0.4, 0.5) is 5.82 Å². The lowest BCUT2D eigenvalue weighted by molar-refractivity contribution is 0.628. The summed E-state index contributed by atoms with van der Waals surface area (Å²) in [7, 11) is 0. The van der Waals surface area contributed by atoms with Gasteiger partial charge in [0.25, 0.3) is 0 Å². The van der Waals surface area contributed by atoms with Crippen molar-refractivity contribution in [2.75, 3.05) is 5.32 Å². The zero-order chi connectivity index (χ0) is 9.19. The van der Waals surface area contributed by atoms with Crippen LogP contribution in [0.1, 0.15) is 20.8 Å². The third-order valence-corrected chi connectivity index (χ3v) is 1.20. The second-order valence-corrected chi connectivity index (χ2v) is 3.82. The van der Waals surface area contributed by atoms with Gasteiger partial charge in [0.05, 0.1) is 6.20 Å². The van der Waals surface area contributed by atoms with E-state index >= 15 is 0 Å². The van der Waals surface area contributed by atoms with Crippen molar-refractivity contribution in [3.8, 4) is 0 Å². The summed E-state index contributed by atoms with van der Waals surface area (Å²) in [6, 6.07) is 0. The molecule has 1 rings (SSSR count). The molecule has 1 aromatic rings. The van der Waals surface area contributed by atoms with Gasteiger partial charge in [-0.2, -0.15) is 10.1 Å². The Bertz CT molecular complexity index is 268. The van der Waals surface area contributed by atoms with Crippen LogP contribution in [0.3, 0.4) is 0 Å². The van der Waals surface area contributed by atoms with Crippen LogP contribution in [0.2, 0.25) is 5.28 Å². The average Bonchev–Trinajstić information content (AvgIpc) is 1.82. The molecule has 1 N–H and O–H groups in total. The van der Waals surface area contributed by atoms with Gasteiger partial charge in [-0.05, 0) is 32.4 Å². The molecule has 5 heteroatoms. The van der Waals surface area contributed by atoms with Crippen molar-refractivity contribution in [2.45, 2.75) is 26.3 Å². The Hall–Kier alpha value is -0.900. The molecule has 0 aliphatic heterocycles. The summed E-state index contributed by atoms with van der Waals surface area (Å²) < 4.78 is 0. The first-order valence-electron chi connectivity index (χ1n) is 3.61. The molecular weight excluding hydrogens is 176 g/mol. The highest BCUT2D eigenvalue weighted by Gasteiger charge is 2.10. The van der Waals surface area contributed by atoms with Crippen molar-refractivity contribution in [3.05, 3.63) is 11.5 Å². The SMILES string of the molecule is CC(C)(C)Nc1cnnc(Cl)n1. The second kappa shape index (κ2) is 3.23. The van der Waals surface area contributed by atoms with Crippen LogP contribution in [0.15, 0.2) is 6.20 Å². The molecule has 0 aliphatic carbocycles. The largest absolute Gasteiger partial charge is 0.364 e. The summed E-state index contributed by atoms with van der Waals surface area (Å²) in [5.74, 6) is 0.641. The average molecular weight is 187 g/mol. The lowest BCUT2D eigenvalue weighted by Gasteiger charge is -2.20. The maximum atomic E-state index is 5.55. The fraction of sp³-hybridized carbons (Fsp3) is 0.571. The molecule has 0 aromatic carbocycles. The topological polar surface area (TPSA) is 50.7 Å². The molecule has 0 atom stereocenters. The molecule has 0 bridgehead atoms. The molecule has 0 radical (unpaired) electrons. The number of anilines is 1. The number of nitrogens with zero attached hydrogens (tertiary/aromatic N) is 3. The van der Waals surface area contributed by atoms with Crippen LogP contribution >= 0.6 is 11.6 Å². The summed E-state index contributed by atoms with van der Waals surface area (Å²) in [6.45, 7) is 6.09. The molecule has 0 spiro atoms. The van der Waals surface area contributed by atoms with E-state index in [0.29, 0.717) is 5.82 Å². The van der Waals surface area contributed by atoms with Gasteiger partial charge in [-0.1, -0.05) is 0 Å². The normalized spacial score (nSPS) is 11.3. The predicted molar refractivity (Wildman–Crippen MR) is 48.2 cm³/mol. The summed E-state index contributed by atoms with van der Waals surface area (Å²) in [6.07, 6.45) is 1.54. The van der Waals surface area contributed by atoms with E-state index in [9.17, 15) is 0 Å². The summed E-state index contributed by atoms with van der Waals surface area (Å²) >= 11 is 5.55. The Morgan fingerprint density at radius 2 is 2.08 bits per heavy atom. The van der Waals surface area contributed by atoms with Crippen molar-refractivity contribution >= 4 is 17.4 Å². The number of aromatic nitrogens is 3. The zero-order valence-corrected chi connectivity index (χ0v) is 8.05. The van der Waals surface area contributed by atoms with Crippen molar-refractivity contribution in [3.63, 3.8) is 0 Å². The van der Waals surface area contributed by atoms with Crippen molar-refractivity contribution in [1.29, 1.82) is 0 Å². The van der Waals surface area contributed by atoms with Crippen LogP contribution in [0.25, 0.3) is 0 Å². The minimum Gasteiger partial charge on any atom is -0.364 e. The van der Waals surface area contributed by atoms with Gasteiger partial charge in [-0.25, -0.2) is 0 Å². The summed E-state index contributed by atoms with van der Waals surface area (Å²) in [4.78, 5) is 3.94. The van der Waals surface area contributed by atoms with Gasteiger partial charge in [0.15, 0.2) is 0 Å². The molecule has 1 aromatic heterocycles. The smallest absolute Gasteiger partial charge is 0.244 e. The predicted octanol–water partition coefficient (Wildman–Crippen LogP) is 1.74. The monoisotopic (exact) mass is 186 g/mol. The van der Waals surface area contributed by atoms with Crippen molar-refractivity contribution in [1.82, 2.24) is 15.2 Å². The van der Waals surface area contributed by atoms with Gasteiger partial charge in [-0.3, -0.25) is 0 Å². The number of rotatable bonds is 1.